The van der Waals surface area contributed by atoms with Crippen molar-refractivity contribution in [2.24, 2.45) is 0 Å². The van der Waals surface area contributed by atoms with Gasteiger partial charge in [0.1, 0.15) is 11.1 Å². The molecule has 2 amide bonds. The molecule has 0 fully saturated rings. The van der Waals surface area contributed by atoms with Crippen LogP contribution in [0.5, 0.6) is 0 Å². The van der Waals surface area contributed by atoms with Crippen LogP contribution in [0.15, 0.2) is 35.4 Å². The summed E-state index contributed by atoms with van der Waals surface area (Å²) in [5.41, 5.74) is -0.695. The number of halogens is 3. The Labute approximate surface area is 163 Å². The van der Waals surface area contributed by atoms with Gasteiger partial charge in [0.2, 0.25) is 11.8 Å². The van der Waals surface area contributed by atoms with Crippen LogP contribution in [0.3, 0.4) is 0 Å². The average Bonchev–Trinajstić information content (AvgIpc) is 2.58. The third-order valence-corrected chi connectivity index (χ3v) is 4.31. The molecule has 0 bridgehead atoms. The summed E-state index contributed by atoms with van der Waals surface area (Å²) in [6.45, 7) is 2.73. The van der Waals surface area contributed by atoms with Crippen molar-refractivity contribution in [2.75, 3.05) is 16.4 Å². The van der Waals surface area contributed by atoms with E-state index in [1.807, 2.05) is 0 Å². The maximum atomic E-state index is 13.1. The zero-order valence-electron chi connectivity index (χ0n) is 14.8. The fraction of sp³-hybridized carbons (Fsp3) is 0.222. The van der Waals surface area contributed by atoms with Crippen molar-refractivity contribution in [3.63, 3.8) is 0 Å². The molecule has 2 rings (SSSR count). The Bertz CT molecular complexity index is 955. The molecule has 0 aliphatic carbocycles. The topological polar surface area (TPSA) is 94.9 Å². The van der Waals surface area contributed by atoms with Gasteiger partial charge in [0.05, 0.1) is 16.9 Å². The van der Waals surface area contributed by atoms with E-state index in [-0.39, 0.29) is 22.4 Å². The van der Waals surface area contributed by atoms with E-state index < -0.39 is 23.2 Å². The minimum atomic E-state index is -4.69. The quantitative estimate of drug-likeness (QED) is 0.730. The van der Waals surface area contributed by atoms with E-state index >= 15 is 0 Å². The molecule has 1 heterocycles. The lowest BCUT2D eigenvalue weighted by Crippen LogP contribution is -2.15. The van der Waals surface area contributed by atoms with Crippen LogP contribution < -0.4 is 10.6 Å². The van der Waals surface area contributed by atoms with E-state index in [4.69, 9.17) is 5.26 Å². The molecular weight excluding hydrogens is 393 g/mol. The molecule has 0 spiro atoms. The highest BCUT2D eigenvalue weighted by Gasteiger charge is 2.35. The lowest BCUT2D eigenvalue weighted by molar-refractivity contribution is -0.138. The van der Waals surface area contributed by atoms with Gasteiger partial charge in [-0.05, 0) is 31.2 Å². The molecule has 0 unspecified atom stereocenters. The van der Waals surface area contributed by atoms with Crippen LogP contribution >= 0.6 is 11.8 Å². The molecular formula is C18H15F3N4O2S. The predicted octanol–water partition coefficient (Wildman–Crippen LogP) is 3.97. The van der Waals surface area contributed by atoms with Crippen LogP contribution in [0.25, 0.3) is 0 Å². The number of hydrogen-bond donors (Lipinski definition) is 2. The van der Waals surface area contributed by atoms with Gasteiger partial charge in [0, 0.05) is 24.0 Å². The Hall–Kier alpha value is -3.06. The van der Waals surface area contributed by atoms with E-state index in [0.29, 0.717) is 11.4 Å². The molecule has 146 valence electrons. The van der Waals surface area contributed by atoms with Crippen molar-refractivity contribution < 1.29 is 22.8 Å². The zero-order valence-corrected chi connectivity index (χ0v) is 15.7. The fourth-order valence-corrected chi connectivity index (χ4v) is 3.14. The van der Waals surface area contributed by atoms with Crippen LogP contribution in [0.2, 0.25) is 0 Å². The first-order chi connectivity index (χ1) is 13.1. The highest BCUT2D eigenvalue weighted by Crippen LogP contribution is 2.35. The third kappa shape index (κ3) is 5.72. The summed E-state index contributed by atoms with van der Waals surface area (Å²) in [5, 5.41) is 14.1. The van der Waals surface area contributed by atoms with Gasteiger partial charge in [-0.15, -0.1) is 0 Å². The number of carbonyl (C=O) groups is 2. The molecule has 0 atom stereocenters. The maximum absolute atomic E-state index is 13.1. The number of nitrogens with zero attached hydrogens (tertiary/aromatic N) is 2. The molecule has 28 heavy (non-hydrogen) atoms. The number of pyridine rings is 1. The SMILES string of the molecule is CC(=O)Nc1cccc(NC(=O)CSc2nc(C)cc(C(F)(F)F)c2C#N)c1. The van der Waals surface area contributed by atoms with E-state index in [0.717, 1.165) is 17.8 Å². The summed E-state index contributed by atoms with van der Waals surface area (Å²) < 4.78 is 39.3. The Morgan fingerprint density at radius 1 is 1.21 bits per heavy atom. The molecule has 0 saturated heterocycles. The number of benzene rings is 1. The van der Waals surface area contributed by atoms with Gasteiger partial charge in [0.15, 0.2) is 0 Å². The number of amides is 2. The van der Waals surface area contributed by atoms with Crippen molar-refractivity contribution in [3.8, 4) is 6.07 Å². The average molecular weight is 408 g/mol. The van der Waals surface area contributed by atoms with E-state index in [1.165, 1.54) is 26.0 Å². The van der Waals surface area contributed by atoms with Gasteiger partial charge >= 0.3 is 6.18 Å². The zero-order chi connectivity index (χ0) is 20.9. The van der Waals surface area contributed by atoms with Gasteiger partial charge < -0.3 is 10.6 Å². The summed E-state index contributed by atoms with van der Waals surface area (Å²) in [7, 11) is 0. The molecule has 2 aromatic rings. The van der Waals surface area contributed by atoms with Crippen LogP contribution in [0, 0.1) is 18.3 Å². The van der Waals surface area contributed by atoms with Gasteiger partial charge in [-0.25, -0.2) is 4.98 Å². The summed E-state index contributed by atoms with van der Waals surface area (Å²) in [6.07, 6.45) is -4.69. The second kappa shape index (κ2) is 8.75. The number of rotatable bonds is 5. The lowest BCUT2D eigenvalue weighted by Gasteiger charge is -2.13. The van der Waals surface area contributed by atoms with Crippen molar-refractivity contribution in [2.45, 2.75) is 25.0 Å². The summed E-state index contributed by atoms with van der Waals surface area (Å²) in [5.74, 6) is -1.01. The number of nitrogens with one attached hydrogen (secondary N) is 2. The fourth-order valence-electron chi connectivity index (χ4n) is 2.29. The second-order valence-electron chi connectivity index (χ2n) is 5.70. The van der Waals surface area contributed by atoms with Crippen molar-refractivity contribution in [1.29, 1.82) is 5.26 Å². The standard InChI is InChI=1S/C18H15F3N4O2S/c1-10-6-15(18(19,20)21)14(8-22)17(23-10)28-9-16(27)25-13-5-3-4-12(7-13)24-11(2)26/h3-7H,9H2,1-2H3,(H,24,26)(H,25,27). The minimum Gasteiger partial charge on any atom is -0.326 e. The number of hydrogen-bond acceptors (Lipinski definition) is 5. The summed E-state index contributed by atoms with van der Waals surface area (Å²) in [6, 6.07) is 8.72. The first-order valence-corrected chi connectivity index (χ1v) is 8.88. The van der Waals surface area contributed by atoms with E-state index in [1.54, 1.807) is 18.2 Å². The molecule has 0 aliphatic rings. The molecule has 1 aromatic heterocycles. The van der Waals surface area contributed by atoms with Gasteiger partial charge in [0.25, 0.3) is 0 Å². The highest BCUT2D eigenvalue weighted by molar-refractivity contribution is 8.00. The monoisotopic (exact) mass is 408 g/mol. The maximum Gasteiger partial charge on any atom is 0.417 e. The molecule has 10 heteroatoms. The van der Waals surface area contributed by atoms with Crippen molar-refractivity contribution >= 4 is 35.0 Å². The molecule has 6 nitrogen and oxygen atoms in total. The number of thioether (sulfide) groups is 1. The van der Waals surface area contributed by atoms with Crippen molar-refractivity contribution in [1.82, 2.24) is 4.98 Å². The number of nitriles is 1. The lowest BCUT2D eigenvalue weighted by atomic mass is 10.1. The molecule has 0 saturated carbocycles. The molecule has 1 aromatic carbocycles. The first kappa shape index (κ1) is 21.2. The van der Waals surface area contributed by atoms with E-state index in [9.17, 15) is 22.8 Å². The molecule has 2 N–H and O–H groups in total. The Morgan fingerprint density at radius 3 is 2.43 bits per heavy atom. The Morgan fingerprint density at radius 2 is 1.86 bits per heavy atom. The number of aromatic nitrogens is 1. The normalized spacial score (nSPS) is 10.9. The summed E-state index contributed by atoms with van der Waals surface area (Å²) >= 11 is 0.743. The van der Waals surface area contributed by atoms with Crippen LogP contribution in [-0.4, -0.2) is 22.6 Å². The largest absolute Gasteiger partial charge is 0.417 e. The first-order valence-electron chi connectivity index (χ1n) is 7.89. The van der Waals surface area contributed by atoms with Crippen LogP contribution in [0.1, 0.15) is 23.7 Å². The second-order valence-corrected chi connectivity index (χ2v) is 6.66. The Balaban J connectivity index is 2.12. The van der Waals surface area contributed by atoms with Gasteiger partial charge in [-0.3, -0.25) is 9.59 Å². The molecule has 0 aliphatic heterocycles. The van der Waals surface area contributed by atoms with Gasteiger partial charge in [-0.1, -0.05) is 17.8 Å². The number of aryl methyl sites for hydroxylation is 1. The van der Waals surface area contributed by atoms with E-state index in [2.05, 4.69) is 15.6 Å². The predicted molar refractivity (Wildman–Crippen MR) is 98.8 cm³/mol. The number of carbonyl (C=O) groups excluding carboxylic acids is 2. The molecule has 0 radical (unpaired) electrons. The van der Waals surface area contributed by atoms with Gasteiger partial charge in [-0.2, -0.15) is 18.4 Å². The smallest absolute Gasteiger partial charge is 0.326 e. The minimum absolute atomic E-state index is 0.0947. The van der Waals surface area contributed by atoms with Crippen LogP contribution in [0.4, 0.5) is 24.5 Å². The number of alkyl halides is 3. The number of anilines is 2. The highest BCUT2D eigenvalue weighted by atomic mass is 32.2. The van der Waals surface area contributed by atoms with Crippen molar-refractivity contribution in [3.05, 3.63) is 47.2 Å². The third-order valence-electron chi connectivity index (χ3n) is 3.34. The van der Waals surface area contributed by atoms with Crippen LogP contribution in [-0.2, 0) is 15.8 Å². The Kier molecular flexibility index (Phi) is 6.64. The summed E-state index contributed by atoms with van der Waals surface area (Å²) in [4.78, 5) is 27.2.